The van der Waals surface area contributed by atoms with Crippen molar-refractivity contribution in [3.8, 4) is 0 Å². The Labute approximate surface area is 373 Å². The Morgan fingerprint density at radius 2 is 1.67 bits per heavy atom. The summed E-state index contributed by atoms with van der Waals surface area (Å²) >= 11 is 0. The normalized spacial score (nSPS) is 24.2. The molecule has 3 aliphatic heterocycles. The third-order valence-electron chi connectivity index (χ3n) is 15.1. The monoisotopic (exact) mass is 893 g/mol. The van der Waals surface area contributed by atoms with Crippen molar-refractivity contribution in [2.45, 2.75) is 131 Å². The molecule has 10 rings (SSSR count). The number of likely N-dealkylation sites (tertiary alicyclic amines) is 1. The van der Waals surface area contributed by atoms with Crippen LogP contribution in [0.4, 0.5) is 17.5 Å². The Morgan fingerprint density at radius 1 is 0.906 bits per heavy atom. The Bertz CT molecular complexity index is 2650. The van der Waals surface area contributed by atoms with E-state index < -0.39 is 27.4 Å². The highest BCUT2D eigenvalue weighted by molar-refractivity contribution is 7.89. The molecule has 3 N–H and O–H groups in total. The van der Waals surface area contributed by atoms with E-state index in [0.29, 0.717) is 36.5 Å². The summed E-state index contributed by atoms with van der Waals surface area (Å²) in [5.74, 6) is 1.56. The van der Waals surface area contributed by atoms with E-state index in [1.54, 1.807) is 36.0 Å². The van der Waals surface area contributed by atoms with Gasteiger partial charge in [0.15, 0.2) is 0 Å². The number of sulfonamides is 1. The van der Waals surface area contributed by atoms with Gasteiger partial charge in [-0.3, -0.25) is 33.7 Å². The van der Waals surface area contributed by atoms with E-state index in [4.69, 9.17) is 9.72 Å². The molecule has 340 valence electrons. The van der Waals surface area contributed by atoms with E-state index >= 15 is 0 Å². The van der Waals surface area contributed by atoms with Crippen LogP contribution in [0.15, 0.2) is 52.3 Å². The second kappa shape index (κ2) is 17.1. The largest absolute Gasteiger partial charge is 0.377 e. The minimum atomic E-state index is -3.76. The Hall–Kier alpha value is -4.97. The molecular formula is C47H59N9O7S. The fraction of sp³-hybridized carbons (Fsp3) is 0.574. The van der Waals surface area contributed by atoms with Gasteiger partial charge < -0.3 is 15.0 Å². The minimum Gasteiger partial charge on any atom is -0.377 e. The van der Waals surface area contributed by atoms with Crippen LogP contribution in [0.3, 0.4) is 0 Å². The Kier molecular flexibility index (Phi) is 11.5. The van der Waals surface area contributed by atoms with Crippen molar-refractivity contribution >= 4 is 56.2 Å². The summed E-state index contributed by atoms with van der Waals surface area (Å²) in [4.78, 5) is 65.2. The number of anilines is 3. The number of imide groups is 1. The molecule has 1 spiro atoms. The molecule has 17 heteroatoms. The summed E-state index contributed by atoms with van der Waals surface area (Å²) < 4.78 is 38.6. The maximum atomic E-state index is 13.5. The fourth-order valence-corrected chi connectivity index (χ4v) is 12.3. The van der Waals surface area contributed by atoms with Gasteiger partial charge in [0.05, 0.1) is 34.1 Å². The molecule has 3 saturated carbocycles. The Balaban J connectivity index is 0.658. The molecule has 1 atom stereocenters. The summed E-state index contributed by atoms with van der Waals surface area (Å²) in [5, 5.41) is 5.65. The van der Waals surface area contributed by atoms with Crippen LogP contribution in [0.5, 0.6) is 0 Å². The number of benzene rings is 2. The number of rotatable bonds is 13. The number of imidazole rings is 1. The van der Waals surface area contributed by atoms with Gasteiger partial charge in [-0.15, -0.1) is 0 Å². The number of carbonyl (C=O) groups excluding carboxylic acids is 3. The predicted molar refractivity (Wildman–Crippen MR) is 241 cm³/mol. The third kappa shape index (κ3) is 8.06. The topological polar surface area (TPSA) is 190 Å². The number of ether oxygens (including phenoxy) is 1. The van der Waals surface area contributed by atoms with Crippen LogP contribution >= 0.6 is 0 Å². The highest BCUT2D eigenvalue weighted by atomic mass is 32.2. The first-order valence-corrected chi connectivity index (χ1v) is 24.8. The first-order chi connectivity index (χ1) is 30.9. The van der Waals surface area contributed by atoms with Gasteiger partial charge in [-0.05, 0) is 144 Å². The summed E-state index contributed by atoms with van der Waals surface area (Å²) in [6, 6.07) is 10.6. The SMILES string of the molecule is Cc1cc(S(=O)(=O)NCCO[C@H]2CC[C@H](CN3CCC(c4ccc5c(c4)n(C)c(=O)n5C4CCC(=O)NC4=O)CC3)CC2)ccc1Nc1ncc2c(n1)N(C1CCCC1)C(=O)C21CC1. The number of carbonyl (C=O) groups is 3. The number of amides is 3. The van der Waals surface area contributed by atoms with E-state index in [2.05, 4.69) is 37.4 Å². The number of nitrogens with one attached hydrogen (secondary N) is 3. The predicted octanol–water partition coefficient (Wildman–Crippen LogP) is 5.21. The van der Waals surface area contributed by atoms with Crippen LogP contribution in [0, 0.1) is 12.8 Å². The van der Waals surface area contributed by atoms with Crippen molar-refractivity contribution in [2.75, 3.05) is 43.0 Å². The summed E-state index contributed by atoms with van der Waals surface area (Å²) in [6.45, 7) is 5.44. The molecule has 0 bridgehead atoms. The maximum absolute atomic E-state index is 13.5. The lowest BCUT2D eigenvalue weighted by atomic mass is 9.85. The molecular weight excluding hydrogens is 835 g/mol. The number of piperidine rings is 2. The molecule has 6 aliphatic rings. The molecule has 4 aromatic rings. The van der Waals surface area contributed by atoms with E-state index in [1.807, 2.05) is 17.9 Å². The van der Waals surface area contributed by atoms with Crippen molar-refractivity contribution in [2.24, 2.45) is 13.0 Å². The van der Waals surface area contributed by atoms with Gasteiger partial charge in [-0.25, -0.2) is 22.9 Å². The van der Waals surface area contributed by atoms with E-state index in [0.717, 1.165) is 125 Å². The van der Waals surface area contributed by atoms with Crippen molar-refractivity contribution in [3.63, 3.8) is 0 Å². The van der Waals surface area contributed by atoms with E-state index in [-0.39, 0.29) is 47.5 Å². The Morgan fingerprint density at radius 3 is 2.39 bits per heavy atom. The molecule has 3 amide bonds. The number of nitrogens with zero attached hydrogens (tertiary/aromatic N) is 6. The fourth-order valence-electron chi connectivity index (χ4n) is 11.2. The zero-order valence-corrected chi connectivity index (χ0v) is 37.6. The van der Waals surface area contributed by atoms with Gasteiger partial charge in [-0.1, -0.05) is 18.9 Å². The number of fused-ring (bicyclic) bond motifs is 3. The molecule has 2 aromatic heterocycles. The standard InChI is InChI=1S/C47H59N9O7S/c1-29-25-35(12-13-37(29)50-45-48-27-36-42(52-45)55(33-5-3-4-6-33)44(59)47(36)19-20-47)64(61,62)49-21-24-63-34-10-7-30(8-11-34)28-54-22-17-31(18-23-54)32-9-14-38-40(26-32)53(2)46(60)56(38)39-15-16-41(57)51-43(39)58/h9,12-14,25-27,30-31,33-34,39,49H,3-8,10-11,15-24,28H2,1-2H3,(H,48,50,52)(H,51,57,58)/t30-,34-,39?. The number of hydrogen-bond donors (Lipinski definition) is 3. The lowest BCUT2D eigenvalue weighted by Gasteiger charge is -2.36. The van der Waals surface area contributed by atoms with Gasteiger partial charge in [0.2, 0.25) is 33.7 Å². The average Bonchev–Trinajstić information content (AvgIpc) is 3.75. The molecule has 1 unspecified atom stereocenters. The zero-order valence-electron chi connectivity index (χ0n) is 36.8. The number of aryl methyl sites for hydroxylation is 2. The van der Waals surface area contributed by atoms with Gasteiger partial charge in [0.1, 0.15) is 11.9 Å². The molecule has 5 fully saturated rings. The molecule has 2 saturated heterocycles. The maximum Gasteiger partial charge on any atom is 0.329 e. The quantitative estimate of drug-likeness (QED) is 0.118. The van der Waals surface area contributed by atoms with Crippen molar-refractivity contribution in [1.82, 2.24) is 34.0 Å². The van der Waals surface area contributed by atoms with Crippen LogP contribution < -0.4 is 25.9 Å². The lowest BCUT2D eigenvalue weighted by molar-refractivity contribution is -0.135. The van der Waals surface area contributed by atoms with Crippen LogP contribution in [-0.2, 0) is 41.6 Å². The van der Waals surface area contributed by atoms with Gasteiger partial charge in [0.25, 0.3) is 0 Å². The second-order valence-electron chi connectivity index (χ2n) is 19.1. The second-order valence-corrected chi connectivity index (χ2v) is 20.9. The number of aromatic nitrogens is 4. The van der Waals surface area contributed by atoms with Crippen LogP contribution in [0.1, 0.15) is 119 Å². The van der Waals surface area contributed by atoms with Crippen LogP contribution in [0.2, 0.25) is 0 Å². The van der Waals surface area contributed by atoms with Crippen molar-refractivity contribution < 1.29 is 27.5 Å². The highest BCUT2D eigenvalue weighted by Crippen LogP contribution is 2.58. The van der Waals surface area contributed by atoms with Crippen LogP contribution in [0.25, 0.3) is 11.0 Å². The smallest absolute Gasteiger partial charge is 0.329 e. The van der Waals surface area contributed by atoms with Gasteiger partial charge in [-0.2, -0.15) is 4.98 Å². The average molecular weight is 894 g/mol. The molecule has 3 aliphatic carbocycles. The summed E-state index contributed by atoms with van der Waals surface area (Å²) in [7, 11) is -2.01. The summed E-state index contributed by atoms with van der Waals surface area (Å²) in [5.41, 5.74) is 4.42. The van der Waals surface area contributed by atoms with Crippen LogP contribution in [-0.4, -0.2) is 95.1 Å². The van der Waals surface area contributed by atoms with E-state index in [9.17, 15) is 27.6 Å². The number of hydrogen-bond acceptors (Lipinski definition) is 11. The molecule has 16 nitrogen and oxygen atoms in total. The van der Waals surface area contributed by atoms with E-state index in [1.165, 1.54) is 10.1 Å². The van der Waals surface area contributed by atoms with Crippen molar-refractivity contribution in [3.05, 3.63) is 69.8 Å². The first-order valence-electron chi connectivity index (χ1n) is 23.4. The molecule has 64 heavy (non-hydrogen) atoms. The summed E-state index contributed by atoms with van der Waals surface area (Å²) in [6.07, 6.45) is 14.6. The molecule has 0 radical (unpaired) electrons. The highest BCUT2D eigenvalue weighted by Gasteiger charge is 2.61. The van der Waals surface area contributed by atoms with Crippen molar-refractivity contribution in [1.29, 1.82) is 0 Å². The first kappa shape index (κ1) is 43.0. The van der Waals surface area contributed by atoms with Gasteiger partial charge >= 0.3 is 5.69 Å². The minimum absolute atomic E-state index is 0.120. The lowest BCUT2D eigenvalue weighted by Crippen LogP contribution is -2.44. The molecule has 5 heterocycles. The zero-order chi connectivity index (χ0) is 44.3. The molecule has 2 aromatic carbocycles. The van der Waals surface area contributed by atoms with Gasteiger partial charge in [0, 0.05) is 50.0 Å². The third-order valence-corrected chi connectivity index (χ3v) is 16.5.